The van der Waals surface area contributed by atoms with Gasteiger partial charge < -0.3 is 18.8 Å². The van der Waals surface area contributed by atoms with E-state index in [1.165, 1.54) is 0 Å². The lowest BCUT2D eigenvalue weighted by atomic mass is 10.0. The highest BCUT2D eigenvalue weighted by molar-refractivity contribution is 6.32. The van der Waals surface area contributed by atoms with Gasteiger partial charge in [0.15, 0.2) is 17.3 Å². The predicted octanol–water partition coefficient (Wildman–Crippen LogP) is 3.32. The summed E-state index contributed by atoms with van der Waals surface area (Å²) in [6.45, 7) is 4.75. The first-order valence-corrected chi connectivity index (χ1v) is 11.1. The Kier molecular flexibility index (Phi) is 4.71. The molecule has 1 saturated heterocycles. The molecule has 0 saturated carbocycles. The predicted molar refractivity (Wildman–Crippen MR) is 120 cm³/mol. The normalized spacial score (nSPS) is 17.1. The van der Waals surface area contributed by atoms with Crippen LogP contribution in [0.2, 0.25) is 5.02 Å². The summed E-state index contributed by atoms with van der Waals surface area (Å²) in [5, 5.41) is 1.56. The molecule has 6 rings (SSSR count). The van der Waals surface area contributed by atoms with Gasteiger partial charge in [-0.15, -0.1) is 0 Å². The van der Waals surface area contributed by atoms with E-state index in [4.69, 9.17) is 25.8 Å². The average Bonchev–Trinajstić information content (AvgIpc) is 3.38. The van der Waals surface area contributed by atoms with Crippen LogP contribution in [0.3, 0.4) is 0 Å². The van der Waals surface area contributed by atoms with Crippen molar-refractivity contribution in [2.45, 2.75) is 13.0 Å². The number of rotatable bonds is 4. The molecule has 0 bridgehead atoms. The summed E-state index contributed by atoms with van der Waals surface area (Å²) in [7, 11) is 0. The van der Waals surface area contributed by atoms with Gasteiger partial charge in [0.05, 0.1) is 24.5 Å². The Morgan fingerprint density at radius 3 is 2.44 bits per heavy atom. The molecule has 1 aromatic heterocycles. The summed E-state index contributed by atoms with van der Waals surface area (Å²) in [4.78, 5) is 29.4. The zero-order valence-electron chi connectivity index (χ0n) is 17.4. The van der Waals surface area contributed by atoms with E-state index in [1.54, 1.807) is 28.8 Å². The van der Waals surface area contributed by atoms with Gasteiger partial charge in [-0.1, -0.05) is 17.7 Å². The number of halogens is 1. The zero-order chi connectivity index (χ0) is 21.8. The smallest absolute Gasteiger partial charge is 0.258 e. The van der Waals surface area contributed by atoms with Crippen molar-refractivity contribution in [1.82, 2.24) is 9.47 Å². The van der Waals surface area contributed by atoms with E-state index < -0.39 is 0 Å². The molecule has 7 nitrogen and oxygen atoms in total. The Balaban J connectivity index is 1.50. The second kappa shape index (κ2) is 7.62. The van der Waals surface area contributed by atoms with Gasteiger partial charge in [0.2, 0.25) is 6.79 Å². The largest absolute Gasteiger partial charge is 0.454 e. The Morgan fingerprint density at radius 1 is 0.906 bits per heavy atom. The number of fused-ring (bicyclic) bond motifs is 6. The monoisotopic (exact) mass is 452 g/mol. The molecule has 2 aliphatic heterocycles. The van der Waals surface area contributed by atoms with Crippen LogP contribution in [0.1, 0.15) is 22.3 Å². The third kappa shape index (κ3) is 3.03. The molecule has 2 aromatic carbocycles. The van der Waals surface area contributed by atoms with Crippen molar-refractivity contribution in [3.8, 4) is 22.8 Å². The third-order valence-electron chi connectivity index (χ3n) is 6.43. The number of pyridine rings is 1. The van der Waals surface area contributed by atoms with Crippen LogP contribution in [-0.2, 0) is 11.3 Å². The molecule has 0 spiro atoms. The van der Waals surface area contributed by atoms with Gasteiger partial charge >= 0.3 is 0 Å². The van der Waals surface area contributed by atoms with E-state index in [0.717, 1.165) is 44.8 Å². The molecule has 3 aromatic rings. The van der Waals surface area contributed by atoms with E-state index in [-0.39, 0.29) is 18.1 Å². The van der Waals surface area contributed by atoms with Gasteiger partial charge in [0, 0.05) is 53.1 Å². The quantitative estimate of drug-likeness (QED) is 0.473. The fourth-order valence-electron chi connectivity index (χ4n) is 4.88. The zero-order valence-corrected chi connectivity index (χ0v) is 18.1. The van der Waals surface area contributed by atoms with Crippen molar-refractivity contribution in [3.05, 3.63) is 56.8 Å². The topological polar surface area (TPSA) is 70.0 Å². The van der Waals surface area contributed by atoms with E-state index in [0.29, 0.717) is 50.7 Å². The number of carbonyl (C=O) groups excluding carboxylic acids is 1. The highest BCUT2D eigenvalue weighted by atomic mass is 35.5. The number of carbonyl (C=O) groups is 1. The maximum atomic E-state index is 13.6. The first-order chi connectivity index (χ1) is 15.6. The molecule has 1 aliphatic carbocycles. The molecule has 3 aliphatic rings. The van der Waals surface area contributed by atoms with Crippen LogP contribution in [0.4, 0.5) is 0 Å². The minimum absolute atomic E-state index is 0.109. The third-order valence-corrected chi connectivity index (χ3v) is 6.67. The Morgan fingerprint density at radius 2 is 1.66 bits per heavy atom. The lowest BCUT2D eigenvalue weighted by molar-refractivity contribution is 0.0369. The highest BCUT2D eigenvalue weighted by Gasteiger charge is 2.35. The van der Waals surface area contributed by atoms with Crippen molar-refractivity contribution >= 4 is 28.2 Å². The van der Waals surface area contributed by atoms with Crippen molar-refractivity contribution in [1.29, 1.82) is 0 Å². The van der Waals surface area contributed by atoms with Crippen LogP contribution in [-0.4, -0.2) is 54.9 Å². The van der Waals surface area contributed by atoms with Crippen molar-refractivity contribution in [2.75, 3.05) is 39.6 Å². The summed E-state index contributed by atoms with van der Waals surface area (Å²) >= 11 is 6.21. The Labute approximate surface area is 189 Å². The van der Waals surface area contributed by atoms with Gasteiger partial charge in [-0.05, 0) is 30.7 Å². The lowest BCUT2D eigenvalue weighted by Gasteiger charge is -2.26. The fraction of sp³-hybridized carbons (Fsp3) is 0.333. The van der Waals surface area contributed by atoms with Crippen LogP contribution in [0.25, 0.3) is 22.0 Å². The summed E-state index contributed by atoms with van der Waals surface area (Å²) < 4.78 is 18.2. The molecule has 0 radical (unpaired) electrons. The van der Waals surface area contributed by atoms with Gasteiger partial charge in [-0.2, -0.15) is 0 Å². The van der Waals surface area contributed by atoms with Gasteiger partial charge in [-0.25, -0.2) is 0 Å². The van der Waals surface area contributed by atoms with Gasteiger partial charge in [-0.3, -0.25) is 14.5 Å². The van der Waals surface area contributed by atoms with Crippen LogP contribution in [0.5, 0.6) is 11.5 Å². The molecule has 0 unspecified atom stereocenters. The van der Waals surface area contributed by atoms with Crippen molar-refractivity contribution in [2.24, 2.45) is 0 Å². The van der Waals surface area contributed by atoms with Crippen molar-refractivity contribution in [3.63, 3.8) is 0 Å². The molecular weight excluding hydrogens is 432 g/mol. The maximum Gasteiger partial charge on any atom is 0.258 e. The molecule has 0 N–H and O–H groups in total. The first kappa shape index (κ1) is 19.8. The van der Waals surface area contributed by atoms with Gasteiger partial charge in [0.1, 0.15) is 0 Å². The molecule has 32 heavy (non-hydrogen) atoms. The summed E-state index contributed by atoms with van der Waals surface area (Å²) in [5.74, 6) is 1.04. The molecular formula is C24H21ClN2O5. The Hall–Kier alpha value is -2.87. The number of hydrogen-bond acceptors (Lipinski definition) is 6. The van der Waals surface area contributed by atoms with Gasteiger partial charge in [0.25, 0.3) is 5.56 Å². The molecule has 164 valence electrons. The number of ether oxygens (including phenoxy) is 3. The second-order valence-electron chi connectivity index (χ2n) is 8.26. The van der Waals surface area contributed by atoms with Crippen LogP contribution >= 0.6 is 11.6 Å². The SMILES string of the molecule is O=C1c2cc3c(cc2-c2c1c1ccc(Cl)cc1c(=O)n2CCCN1CCOCC1)OCO3. The number of nitrogens with zero attached hydrogens (tertiary/aromatic N) is 2. The maximum absolute atomic E-state index is 13.6. The summed E-state index contributed by atoms with van der Waals surface area (Å²) in [6.07, 6.45) is 0.784. The lowest BCUT2D eigenvalue weighted by Crippen LogP contribution is -2.37. The molecule has 0 atom stereocenters. The fourth-order valence-corrected chi connectivity index (χ4v) is 5.05. The second-order valence-corrected chi connectivity index (χ2v) is 8.69. The van der Waals surface area contributed by atoms with E-state index >= 15 is 0 Å². The first-order valence-electron chi connectivity index (χ1n) is 10.8. The highest BCUT2D eigenvalue weighted by Crippen LogP contribution is 2.45. The molecule has 8 heteroatoms. The average molecular weight is 453 g/mol. The van der Waals surface area contributed by atoms with Crippen LogP contribution in [0.15, 0.2) is 35.1 Å². The minimum atomic E-state index is -0.137. The van der Waals surface area contributed by atoms with Crippen LogP contribution in [0, 0.1) is 0 Å². The number of hydrogen-bond donors (Lipinski definition) is 0. The Bertz CT molecular complexity index is 1330. The molecule has 1 fully saturated rings. The number of benzene rings is 2. The van der Waals surface area contributed by atoms with E-state index in [9.17, 15) is 9.59 Å². The van der Waals surface area contributed by atoms with E-state index in [2.05, 4.69) is 4.90 Å². The number of aromatic nitrogens is 1. The van der Waals surface area contributed by atoms with Crippen LogP contribution < -0.4 is 15.0 Å². The number of ketones is 1. The number of morpholine rings is 1. The minimum Gasteiger partial charge on any atom is -0.454 e. The van der Waals surface area contributed by atoms with Crippen molar-refractivity contribution < 1.29 is 19.0 Å². The molecule has 3 heterocycles. The van der Waals surface area contributed by atoms with E-state index in [1.807, 2.05) is 6.07 Å². The molecule has 0 amide bonds. The summed E-state index contributed by atoms with van der Waals surface area (Å²) in [5.41, 5.74) is 2.32. The summed E-state index contributed by atoms with van der Waals surface area (Å²) in [6, 6.07) is 8.68. The standard InChI is InChI=1S/C24H21ClN2O5/c25-14-2-3-15-18(10-14)24(29)27(5-1-4-26-6-8-30-9-7-26)22-16-11-19-20(32-13-31-19)12-17(16)23(28)21(15)22/h2-3,10-12H,1,4-9,13H2.